The number of rotatable bonds is 4. The van der Waals surface area contributed by atoms with Gasteiger partial charge in [0.05, 0.1) is 6.04 Å². The Balaban J connectivity index is 1.99. The first-order chi connectivity index (χ1) is 10.9. The molecule has 6 heteroatoms. The number of hydrogen-bond donors (Lipinski definition) is 1. The van der Waals surface area contributed by atoms with Crippen LogP contribution in [0.1, 0.15) is 31.4 Å². The minimum absolute atomic E-state index is 0.0261. The number of urea groups is 1. The van der Waals surface area contributed by atoms with E-state index in [0.29, 0.717) is 19.0 Å². The smallest absolute Gasteiger partial charge is 0.317 e. The molecule has 0 spiro atoms. The molecule has 23 heavy (non-hydrogen) atoms. The van der Waals surface area contributed by atoms with Crippen LogP contribution in [0.3, 0.4) is 0 Å². The molecule has 1 saturated heterocycles. The fourth-order valence-electron chi connectivity index (χ4n) is 2.90. The van der Waals surface area contributed by atoms with Gasteiger partial charge in [0.2, 0.25) is 5.91 Å². The second kappa shape index (κ2) is 7.44. The minimum atomic E-state index is -0.293. The molecule has 2 atom stereocenters. The lowest BCUT2D eigenvalue weighted by Gasteiger charge is -2.25. The number of carbonyl (C=O) groups excluding carboxylic acids is 2. The molecule has 1 aromatic rings. The number of amides is 3. The van der Waals surface area contributed by atoms with Gasteiger partial charge in [-0.2, -0.15) is 0 Å². The second-order valence-electron chi connectivity index (χ2n) is 6.33. The second-order valence-corrected chi connectivity index (χ2v) is 6.33. The van der Waals surface area contributed by atoms with E-state index in [4.69, 9.17) is 0 Å². The Bertz CT molecular complexity index is 577. The predicted molar refractivity (Wildman–Crippen MR) is 86.3 cm³/mol. The van der Waals surface area contributed by atoms with Crippen LogP contribution in [0.5, 0.6) is 0 Å². The Morgan fingerprint density at radius 2 is 2.13 bits per heavy atom. The predicted octanol–water partition coefficient (Wildman–Crippen LogP) is 2.40. The van der Waals surface area contributed by atoms with Gasteiger partial charge in [-0.05, 0) is 30.0 Å². The molecule has 2 rings (SSSR count). The summed E-state index contributed by atoms with van der Waals surface area (Å²) >= 11 is 0. The first-order valence-electron chi connectivity index (χ1n) is 7.88. The van der Waals surface area contributed by atoms with Crippen LogP contribution < -0.4 is 5.32 Å². The van der Waals surface area contributed by atoms with E-state index in [2.05, 4.69) is 12.2 Å². The van der Waals surface area contributed by atoms with Crippen molar-refractivity contribution in [2.24, 2.45) is 5.92 Å². The van der Waals surface area contributed by atoms with Crippen molar-refractivity contribution in [3.05, 3.63) is 35.6 Å². The fraction of sp³-hybridized carbons (Fsp3) is 0.529. The highest BCUT2D eigenvalue weighted by atomic mass is 19.1. The van der Waals surface area contributed by atoms with E-state index in [0.717, 1.165) is 12.0 Å². The zero-order valence-corrected chi connectivity index (χ0v) is 13.9. The highest BCUT2D eigenvalue weighted by Gasteiger charge is 2.34. The summed E-state index contributed by atoms with van der Waals surface area (Å²) < 4.78 is 13.5. The van der Waals surface area contributed by atoms with Crippen molar-refractivity contribution < 1.29 is 14.0 Å². The molecule has 0 unspecified atom stereocenters. The Morgan fingerprint density at radius 1 is 1.39 bits per heavy atom. The van der Waals surface area contributed by atoms with Gasteiger partial charge >= 0.3 is 6.03 Å². The molecule has 1 aliphatic heterocycles. The summed E-state index contributed by atoms with van der Waals surface area (Å²) in [4.78, 5) is 27.2. The van der Waals surface area contributed by atoms with Crippen LogP contribution in [0.15, 0.2) is 24.3 Å². The van der Waals surface area contributed by atoms with Gasteiger partial charge in [0, 0.05) is 33.6 Å². The van der Waals surface area contributed by atoms with Gasteiger partial charge in [0.1, 0.15) is 5.82 Å². The number of nitrogens with zero attached hydrogens (tertiary/aromatic N) is 2. The molecule has 0 saturated carbocycles. The van der Waals surface area contributed by atoms with Crippen LogP contribution >= 0.6 is 0 Å². The third-order valence-electron chi connectivity index (χ3n) is 4.12. The third kappa shape index (κ3) is 4.43. The van der Waals surface area contributed by atoms with E-state index in [1.807, 2.05) is 6.07 Å². The summed E-state index contributed by atoms with van der Waals surface area (Å²) in [7, 11) is 3.37. The summed E-state index contributed by atoms with van der Waals surface area (Å²) in [6, 6.07) is 6.08. The quantitative estimate of drug-likeness (QED) is 0.926. The normalized spacial score (nSPS) is 20.4. The van der Waals surface area contributed by atoms with E-state index < -0.39 is 0 Å². The highest BCUT2D eigenvalue weighted by molar-refractivity contribution is 5.78. The van der Waals surface area contributed by atoms with Crippen LogP contribution in [0.25, 0.3) is 0 Å². The third-order valence-corrected chi connectivity index (χ3v) is 4.12. The first-order valence-corrected chi connectivity index (χ1v) is 7.88. The van der Waals surface area contributed by atoms with Crippen LogP contribution in [0.2, 0.25) is 0 Å². The van der Waals surface area contributed by atoms with Crippen molar-refractivity contribution in [2.75, 3.05) is 27.2 Å². The van der Waals surface area contributed by atoms with Gasteiger partial charge in [0.15, 0.2) is 0 Å². The molecule has 126 valence electrons. The van der Waals surface area contributed by atoms with Crippen molar-refractivity contribution in [1.82, 2.24) is 15.1 Å². The summed E-state index contributed by atoms with van der Waals surface area (Å²) in [5.41, 5.74) is 0.814. The fourth-order valence-corrected chi connectivity index (χ4v) is 2.90. The summed E-state index contributed by atoms with van der Waals surface area (Å²) in [5, 5.41) is 2.79. The first kappa shape index (κ1) is 17.2. The molecular formula is C17H24FN3O2. The Morgan fingerprint density at radius 3 is 2.78 bits per heavy atom. The lowest BCUT2D eigenvalue weighted by Crippen LogP contribution is -2.41. The zero-order valence-electron chi connectivity index (χ0n) is 13.9. The van der Waals surface area contributed by atoms with E-state index in [9.17, 15) is 14.0 Å². The standard InChI is InChI=1S/C17H24FN3O2/c1-12-9-15(13-5-4-6-14(18)10-13)21(11-12)17(23)19-8-7-16(22)20(2)3/h4-6,10,12,15H,7-9,11H2,1-3H3,(H,19,23)/t12-,15+/m1/s1. The van der Waals surface area contributed by atoms with Gasteiger partial charge in [-0.15, -0.1) is 0 Å². The largest absolute Gasteiger partial charge is 0.349 e. The molecule has 1 N–H and O–H groups in total. The molecule has 3 amide bonds. The molecule has 0 bridgehead atoms. The molecule has 0 aromatic heterocycles. The maximum absolute atomic E-state index is 13.5. The molecule has 1 fully saturated rings. The Hall–Kier alpha value is -2.11. The van der Waals surface area contributed by atoms with Crippen molar-refractivity contribution in [3.8, 4) is 0 Å². The van der Waals surface area contributed by atoms with Gasteiger partial charge in [0.25, 0.3) is 0 Å². The molecule has 5 nitrogen and oxygen atoms in total. The Labute approximate surface area is 136 Å². The van der Waals surface area contributed by atoms with E-state index >= 15 is 0 Å². The maximum Gasteiger partial charge on any atom is 0.317 e. The topological polar surface area (TPSA) is 52.7 Å². The molecule has 1 aliphatic rings. The van der Waals surface area contributed by atoms with Crippen molar-refractivity contribution in [1.29, 1.82) is 0 Å². The molecule has 1 heterocycles. The minimum Gasteiger partial charge on any atom is -0.349 e. The number of benzene rings is 1. The SMILES string of the molecule is C[C@@H]1C[C@@H](c2cccc(F)c2)N(C(=O)NCCC(=O)N(C)C)C1. The number of nitrogens with one attached hydrogen (secondary N) is 1. The van der Waals surface area contributed by atoms with E-state index in [1.54, 1.807) is 25.1 Å². The summed E-state index contributed by atoms with van der Waals surface area (Å²) in [6.07, 6.45) is 1.08. The van der Waals surface area contributed by atoms with Crippen molar-refractivity contribution >= 4 is 11.9 Å². The number of carbonyl (C=O) groups is 2. The number of likely N-dealkylation sites (tertiary alicyclic amines) is 1. The van der Waals surface area contributed by atoms with Crippen molar-refractivity contribution in [3.63, 3.8) is 0 Å². The molecular weight excluding hydrogens is 297 g/mol. The van der Waals surface area contributed by atoms with Crippen LogP contribution in [-0.2, 0) is 4.79 Å². The monoisotopic (exact) mass is 321 g/mol. The van der Waals surface area contributed by atoms with Crippen molar-refractivity contribution in [2.45, 2.75) is 25.8 Å². The molecule has 0 aliphatic carbocycles. The average Bonchev–Trinajstić information content (AvgIpc) is 2.89. The van der Waals surface area contributed by atoms with Crippen LogP contribution in [0, 0.1) is 11.7 Å². The van der Waals surface area contributed by atoms with Gasteiger partial charge in [-0.1, -0.05) is 19.1 Å². The summed E-state index contributed by atoms with van der Waals surface area (Å²) in [5.74, 6) is 0.0400. The van der Waals surface area contributed by atoms with Crippen LogP contribution in [0.4, 0.5) is 9.18 Å². The van der Waals surface area contributed by atoms with Gasteiger partial charge in [-0.25, -0.2) is 9.18 Å². The van der Waals surface area contributed by atoms with Crippen LogP contribution in [-0.4, -0.2) is 48.9 Å². The van der Waals surface area contributed by atoms with Gasteiger partial charge < -0.3 is 15.1 Å². The average molecular weight is 321 g/mol. The molecule has 1 aromatic carbocycles. The number of halogens is 1. The van der Waals surface area contributed by atoms with E-state index in [-0.39, 0.29) is 30.2 Å². The van der Waals surface area contributed by atoms with Gasteiger partial charge in [-0.3, -0.25) is 4.79 Å². The zero-order chi connectivity index (χ0) is 17.0. The Kier molecular flexibility index (Phi) is 5.58. The molecule has 0 radical (unpaired) electrons. The lowest BCUT2D eigenvalue weighted by molar-refractivity contribution is -0.128. The highest BCUT2D eigenvalue weighted by Crippen LogP contribution is 2.35. The lowest BCUT2D eigenvalue weighted by atomic mass is 10.0. The van der Waals surface area contributed by atoms with E-state index in [1.165, 1.54) is 17.0 Å². The number of hydrogen-bond acceptors (Lipinski definition) is 2. The maximum atomic E-state index is 13.5. The summed E-state index contributed by atoms with van der Waals surface area (Å²) in [6.45, 7) is 3.01.